The fraction of sp³-hybridized carbons (Fsp3) is 0.226. The molecule has 1 atom stereocenters. The van der Waals surface area contributed by atoms with Gasteiger partial charge in [-0.25, -0.2) is 14.4 Å². The molecule has 7 rings (SSSR count). The number of aromatic amines is 2. The van der Waals surface area contributed by atoms with E-state index >= 15 is 4.39 Å². The van der Waals surface area contributed by atoms with Crippen LogP contribution in [0.2, 0.25) is 0 Å². The van der Waals surface area contributed by atoms with Gasteiger partial charge >= 0.3 is 0 Å². The number of rotatable bonds is 7. The van der Waals surface area contributed by atoms with Crippen LogP contribution >= 0.6 is 0 Å². The molecule has 0 bridgehead atoms. The lowest BCUT2D eigenvalue weighted by Crippen LogP contribution is -2.44. The lowest BCUT2D eigenvalue weighted by Gasteiger charge is -2.34. The van der Waals surface area contributed by atoms with Crippen molar-refractivity contribution in [3.05, 3.63) is 84.6 Å². The Labute approximate surface area is 241 Å². The fourth-order valence-corrected chi connectivity index (χ4v) is 5.51. The second kappa shape index (κ2) is 10.8. The molecule has 5 heterocycles. The molecule has 11 heteroatoms. The number of H-pyrrole nitrogens is 2. The summed E-state index contributed by atoms with van der Waals surface area (Å²) in [6, 6.07) is 16.9. The van der Waals surface area contributed by atoms with Crippen molar-refractivity contribution in [1.29, 1.82) is 0 Å². The van der Waals surface area contributed by atoms with Crippen LogP contribution in [0.15, 0.2) is 73.2 Å². The molecular formula is C31H30FN9O. The standard InChI is InChI=1S/C31H30FN9O/c1-40-9-11-41(12-10-40)25-7-8-34-30-29(25)36-31(37-30)28-23-15-20(16-24(32)27(23)38-39-28)21-14-22(18-33-17-21)35-26(42)13-19-5-3-2-4-6-19/h2-8,14-18,26,35,42H,9-13H2,1H3,(H,38,39)(H,34,36,37). The van der Waals surface area contributed by atoms with Gasteiger partial charge < -0.3 is 25.2 Å². The van der Waals surface area contributed by atoms with Crippen molar-refractivity contribution in [2.45, 2.75) is 12.6 Å². The second-order valence-corrected chi connectivity index (χ2v) is 10.7. The molecule has 0 saturated carbocycles. The number of benzene rings is 2. The molecule has 1 fully saturated rings. The van der Waals surface area contributed by atoms with Gasteiger partial charge in [0.05, 0.1) is 17.6 Å². The third-order valence-corrected chi connectivity index (χ3v) is 7.74. The van der Waals surface area contributed by atoms with Crippen LogP contribution in [0.3, 0.4) is 0 Å². The summed E-state index contributed by atoms with van der Waals surface area (Å²) in [4.78, 5) is 21.6. The Morgan fingerprint density at radius 3 is 2.69 bits per heavy atom. The van der Waals surface area contributed by atoms with E-state index < -0.39 is 12.0 Å². The van der Waals surface area contributed by atoms with Crippen molar-refractivity contribution in [3.63, 3.8) is 0 Å². The van der Waals surface area contributed by atoms with Crippen LogP contribution in [0.1, 0.15) is 5.56 Å². The van der Waals surface area contributed by atoms with E-state index in [2.05, 4.69) is 47.3 Å². The Morgan fingerprint density at radius 2 is 1.86 bits per heavy atom. The Morgan fingerprint density at radius 1 is 1.02 bits per heavy atom. The van der Waals surface area contributed by atoms with Crippen LogP contribution in [0.5, 0.6) is 0 Å². The van der Waals surface area contributed by atoms with Gasteiger partial charge in [-0.05, 0) is 42.4 Å². The maximum atomic E-state index is 15.3. The number of piperazine rings is 1. The summed E-state index contributed by atoms with van der Waals surface area (Å²) in [5.41, 5.74) is 6.25. The predicted octanol–water partition coefficient (Wildman–Crippen LogP) is 4.43. The first-order valence-electron chi connectivity index (χ1n) is 13.9. The maximum Gasteiger partial charge on any atom is 0.180 e. The van der Waals surface area contributed by atoms with Crippen LogP contribution in [-0.2, 0) is 6.42 Å². The van der Waals surface area contributed by atoms with Gasteiger partial charge in [0.2, 0.25) is 0 Å². The zero-order chi connectivity index (χ0) is 28.6. The Hall–Kier alpha value is -4.87. The summed E-state index contributed by atoms with van der Waals surface area (Å²) in [7, 11) is 2.13. The van der Waals surface area contributed by atoms with E-state index in [1.807, 2.05) is 48.5 Å². The highest BCUT2D eigenvalue weighted by atomic mass is 19.1. The lowest BCUT2D eigenvalue weighted by molar-refractivity contribution is 0.204. The zero-order valence-corrected chi connectivity index (χ0v) is 23.0. The summed E-state index contributed by atoms with van der Waals surface area (Å²) in [5, 5.41) is 21.5. The summed E-state index contributed by atoms with van der Waals surface area (Å²) in [6.45, 7) is 3.79. The minimum absolute atomic E-state index is 0.224. The van der Waals surface area contributed by atoms with Crippen LogP contribution in [0.4, 0.5) is 15.8 Å². The molecule has 42 heavy (non-hydrogen) atoms. The van der Waals surface area contributed by atoms with E-state index in [1.165, 1.54) is 6.07 Å². The van der Waals surface area contributed by atoms with Gasteiger partial charge in [0.1, 0.15) is 23.0 Å². The third kappa shape index (κ3) is 5.04. The van der Waals surface area contributed by atoms with Crippen molar-refractivity contribution in [1.82, 2.24) is 35.0 Å². The van der Waals surface area contributed by atoms with E-state index in [0.717, 1.165) is 42.9 Å². The van der Waals surface area contributed by atoms with Crippen molar-refractivity contribution in [3.8, 4) is 22.6 Å². The van der Waals surface area contributed by atoms with Crippen LogP contribution in [-0.4, -0.2) is 79.6 Å². The number of aliphatic hydroxyl groups is 1. The van der Waals surface area contributed by atoms with E-state index in [-0.39, 0.29) is 5.52 Å². The Bertz CT molecular complexity index is 1860. The molecule has 0 radical (unpaired) electrons. The first kappa shape index (κ1) is 26.1. The van der Waals surface area contributed by atoms with Crippen molar-refractivity contribution in [2.75, 3.05) is 43.4 Å². The average Bonchev–Trinajstić information content (AvgIpc) is 3.63. The molecule has 4 aromatic heterocycles. The summed E-state index contributed by atoms with van der Waals surface area (Å²) in [5.74, 6) is 0.0792. The number of likely N-dealkylation sites (N-methyl/N-ethyl adjacent to an activating group) is 1. The van der Waals surface area contributed by atoms with Crippen molar-refractivity contribution in [2.24, 2.45) is 0 Å². The van der Waals surface area contributed by atoms with Gasteiger partial charge in [0.15, 0.2) is 17.3 Å². The smallest absolute Gasteiger partial charge is 0.180 e. The quantitative estimate of drug-likeness (QED) is 0.211. The lowest BCUT2D eigenvalue weighted by atomic mass is 10.0. The molecule has 0 spiro atoms. The third-order valence-electron chi connectivity index (χ3n) is 7.74. The van der Waals surface area contributed by atoms with Crippen molar-refractivity contribution >= 4 is 33.4 Å². The number of hydrogen-bond acceptors (Lipinski definition) is 8. The average molecular weight is 564 g/mol. The van der Waals surface area contributed by atoms with Crippen LogP contribution in [0.25, 0.3) is 44.7 Å². The first-order valence-corrected chi connectivity index (χ1v) is 13.9. The number of fused-ring (bicyclic) bond motifs is 2. The monoisotopic (exact) mass is 563 g/mol. The molecule has 0 aliphatic carbocycles. The molecule has 4 N–H and O–H groups in total. The minimum atomic E-state index is -0.804. The van der Waals surface area contributed by atoms with Crippen LogP contribution < -0.4 is 10.2 Å². The molecule has 212 valence electrons. The molecular weight excluding hydrogens is 533 g/mol. The van der Waals surface area contributed by atoms with Crippen LogP contribution in [0, 0.1) is 5.82 Å². The normalized spacial score (nSPS) is 15.0. The maximum absolute atomic E-state index is 15.3. The van der Waals surface area contributed by atoms with Crippen molar-refractivity contribution < 1.29 is 9.50 Å². The summed E-state index contributed by atoms with van der Waals surface area (Å²) in [6.07, 6.45) is 4.71. The molecule has 1 saturated heterocycles. The number of nitrogens with zero attached hydrogens (tertiary/aromatic N) is 6. The van der Waals surface area contributed by atoms with E-state index in [9.17, 15) is 5.11 Å². The molecule has 0 amide bonds. The van der Waals surface area contributed by atoms with Gasteiger partial charge in [-0.15, -0.1) is 0 Å². The van der Waals surface area contributed by atoms with E-state index in [1.54, 1.807) is 18.6 Å². The highest BCUT2D eigenvalue weighted by molar-refractivity contribution is 5.97. The molecule has 2 aromatic carbocycles. The van der Waals surface area contributed by atoms with Gasteiger partial charge in [0.25, 0.3) is 0 Å². The number of aliphatic hydroxyl groups excluding tert-OH is 1. The summed E-state index contributed by atoms with van der Waals surface area (Å²) >= 11 is 0. The SMILES string of the molecule is CN1CCN(c2ccnc3nc(-c4[nH]nc5c(F)cc(-c6cncc(NC(O)Cc7ccccc7)c6)cc45)[nH]c23)CC1. The van der Waals surface area contributed by atoms with Gasteiger partial charge in [-0.3, -0.25) is 10.1 Å². The molecule has 1 aliphatic rings. The predicted molar refractivity (Wildman–Crippen MR) is 162 cm³/mol. The van der Waals surface area contributed by atoms with E-state index in [4.69, 9.17) is 4.98 Å². The number of hydrogen-bond donors (Lipinski definition) is 4. The largest absolute Gasteiger partial charge is 0.373 e. The van der Waals surface area contributed by atoms with Gasteiger partial charge in [0, 0.05) is 55.9 Å². The molecule has 1 unspecified atom stereocenters. The number of aromatic nitrogens is 6. The number of nitrogens with one attached hydrogen (secondary N) is 3. The van der Waals surface area contributed by atoms with Gasteiger partial charge in [-0.2, -0.15) is 5.10 Å². The minimum Gasteiger partial charge on any atom is -0.373 e. The number of anilines is 2. The Balaban J connectivity index is 1.20. The van der Waals surface area contributed by atoms with E-state index in [0.29, 0.717) is 45.8 Å². The fourth-order valence-electron chi connectivity index (χ4n) is 5.51. The van der Waals surface area contributed by atoms with Gasteiger partial charge in [-0.1, -0.05) is 30.3 Å². The first-order chi connectivity index (χ1) is 20.5. The second-order valence-electron chi connectivity index (χ2n) is 10.7. The number of imidazole rings is 1. The summed E-state index contributed by atoms with van der Waals surface area (Å²) < 4.78 is 15.3. The topological polar surface area (TPSA) is 122 Å². The Kier molecular flexibility index (Phi) is 6.73. The molecule has 6 aromatic rings. The highest BCUT2D eigenvalue weighted by Crippen LogP contribution is 2.34. The highest BCUT2D eigenvalue weighted by Gasteiger charge is 2.21. The zero-order valence-electron chi connectivity index (χ0n) is 23.0. The molecule has 1 aliphatic heterocycles. The number of pyridine rings is 2. The molecule has 10 nitrogen and oxygen atoms in total. The number of halogens is 1.